The van der Waals surface area contributed by atoms with Crippen molar-refractivity contribution in [2.45, 2.75) is 76.5 Å². The molecule has 0 radical (unpaired) electrons. The maximum atomic E-state index is 13.3. The number of benzene rings is 3. The molecule has 5 nitrogen and oxygen atoms in total. The van der Waals surface area contributed by atoms with Crippen LogP contribution in [0.1, 0.15) is 70.3 Å². The van der Waals surface area contributed by atoms with Gasteiger partial charge in [-0.15, -0.1) is 11.3 Å². The van der Waals surface area contributed by atoms with Gasteiger partial charge in [-0.2, -0.15) is 0 Å². The maximum Gasteiger partial charge on any atom is 0.305 e. The molecule has 0 spiro atoms. The van der Waals surface area contributed by atoms with Gasteiger partial charge in [0.2, 0.25) is 0 Å². The number of hydrogen-bond acceptors (Lipinski definition) is 6. The predicted octanol–water partition coefficient (Wildman–Crippen LogP) is 8.08. The highest BCUT2D eigenvalue weighted by molar-refractivity contribution is 7.19. The summed E-state index contributed by atoms with van der Waals surface area (Å²) >= 11 is 1.75. The molecule has 3 aromatic carbocycles. The summed E-state index contributed by atoms with van der Waals surface area (Å²) in [6, 6.07) is 31.9. The fraction of sp³-hybridized carbons (Fsp3) is 0.350. The fourth-order valence-corrected chi connectivity index (χ4v) is 12.6. The molecule has 1 N–H and O–H groups in total. The molecule has 1 aliphatic rings. The summed E-state index contributed by atoms with van der Waals surface area (Å²) in [6.45, 7) is 6.85. The summed E-state index contributed by atoms with van der Waals surface area (Å²) < 4.78 is 13.6. The molecular formula is C40H46O5SSi. The first-order valence-electron chi connectivity index (χ1n) is 16.5. The van der Waals surface area contributed by atoms with Crippen LogP contribution in [0.3, 0.4) is 0 Å². The molecule has 0 bridgehead atoms. The molecule has 1 aromatic heterocycles. The second-order valence-corrected chi connectivity index (χ2v) is 18.7. The standard InChI is InChI=1S/C40H46O5SSi/c1-40(2,3)47(30-18-9-7-10-19-30,31-20-11-8-12-21-31)45-36(38-27-29-17-15-16-23-37(29)46-38)26-25-33-32(34(41)28-35(33)42)22-13-5-6-14-24-39(43)44-4/h5,7-13,15-21,23,25,27,32,34,36,41H,6,14,22,24,26,28H2,1-4H3/t32-,34+,36-/m1/s1. The number of ketones is 1. The van der Waals surface area contributed by atoms with Gasteiger partial charge in [0, 0.05) is 28.3 Å². The SMILES string of the molecule is COC(=O)CCCC=CC[C@@H]1C(=CC[C@@H](O[Si](c2ccccc2)(c2ccccc2)C(C)(C)C)c2cc3ccccc3s2)C(=O)C[C@@H]1O. The monoisotopic (exact) mass is 666 g/mol. The number of Topliss-reactive ketones (excluding diaryl/α,β-unsaturated/α-hetero) is 1. The molecule has 0 aliphatic heterocycles. The van der Waals surface area contributed by atoms with E-state index in [2.05, 4.69) is 112 Å². The van der Waals surface area contributed by atoms with Crippen LogP contribution in [0.4, 0.5) is 0 Å². The van der Waals surface area contributed by atoms with Crippen molar-refractivity contribution in [3.05, 3.63) is 120 Å². The van der Waals surface area contributed by atoms with E-state index in [0.717, 1.165) is 11.3 Å². The fourth-order valence-electron chi connectivity index (χ4n) is 6.76. The zero-order valence-electron chi connectivity index (χ0n) is 27.9. The Morgan fingerprint density at radius 2 is 1.62 bits per heavy atom. The normalized spacial score (nSPS) is 18.7. The van der Waals surface area contributed by atoms with Crippen molar-refractivity contribution < 1.29 is 23.9 Å². The first-order valence-corrected chi connectivity index (χ1v) is 19.3. The third-order valence-electron chi connectivity index (χ3n) is 9.17. The van der Waals surface area contributed by atoms with Crippen molar-refractivity contribution in [2.75, 3.05) is 7.11 Å². The summed E-state index contributed by atoms with van der Waals surface area (Å²) in [6.07, 6.45) is 8.13. The number of esters is 1. The Morgan fingerprint density at radius 3 is 2.23 bits per heavy atom. The second-order valence-electron chi connectivity index (χ2n) is 13.3. The van der Waals surface area contributed by atoms with Crippen LogP contribution in [0.25, 0.3) is 10.1 Å². The highest BCUT2D eigenvalue weighted by atomic mass is 32.1. The van der Waals surface area contributed by atoms with E-state index >= 15 is 0 Å². The van der Waals surface area contributed by atoms with Crippen LogP contribution >= 0.6 is 11.3 Å². The number of carbonyl (C=O) groups is 2. The van der Waals surface area contributed by atoms with Crippen molar-refractivity contribution in [1.29, 1.82) is 0 Å². The summed E-state index contributed by atoms with van der Waals surface area (Å²) in [7, 11) is -1.52. The molecule has 47 heavy (non-hydrogen) atoms. The Hall–Kier alpha value is -3.62. The van der Waals surface area contributed by atoms with Gasteiger partial charge in [0.1, 0.15) is 0 Å². The number of hydrogen-bond donors (Lipinski definition) is 1. The Labute approximate surface area is 284 Å². The van der Waals surface area contributed by atoms with Crippen molar-refractivity contribution in [3.63, 3.8) is 0 Å². The van der Waals surface area contributed by atoms with Crippen LogP contribution in [0.2, 0.25) is 5.04 Å². The molecule has 1 fully saturated rings. The van der Waals surface area contributed by atoms with Crippen LogP contribution in [-0.4, -0.2) is 38.4 Å². The van der Waals surface area contributed by atoms with Crippen LogP contribution in [0.5, 0.6) is 0 Å². The topological polar surface area (TPSA) is 72.8 Å². The number of carbonyl (C=O) groups excluding carboxylic acids is 2. The Bertz CT molecular complexity index is 1630. The molecule has 0 amide bonds. The molecular weight excluding hydrogens is 621 g/mol. The van der Waals surface area contributed by atoms with Gasteiger partial charge in [-0.25, -0.2) is 0 Å². The largest absolute Gasteiger partial charge is 0.469 e. The number of fused-ring (bicyclic) bond motifs is 1. The molecule has 0 unspecified atom stereocenters. The highest BCUT2D eigenvalue weighted by Gasteiger charge is 2.51. The van der Waals surface area contributed by atoms with Gasteiger partial charge in [0.25, 0.3) is 8.32 Å². The molecule has 246 valence electrons. The lowest BCUT2D eigenvalue weighted by Crippen LogP contribution is -2.66. The number of rotatable bonds is 13. The lowest BCUT2D eigenvalue weighted by atomic mass is 9.95. The van der Waals surface area contributed by atoms with E-state index in [1.807, 2.05) is 18.2 Å². The van der Waals surface area contributed by atoms with Gasteiger partial charge in [-0.05, 0) is 64.2 Å². The zero-order chi connectivity index (χ0) is 33.4. The Morgan fingerprint density at radius 1 is 0.979 bits per heavy atom. The van der Waals surface area contributed by atoms with E-state index in [4.69, 9.17) is 9.16 Å². The average molecular weight is 667 g/mol. The highest BCUT2D eigenvalue weighted by Crippen LogP contribution is 2.43. The Kier molecular flexibility index (Phi) is 11.5. The summed E-state index contributed by atoms with van der Waals surface area (Å²) in [4.78, 5) is 25.8. The average Bonchev–Trinajstić information content (AvgIpc) is 3.62. The molecule has 7 heteroatoms. The lowest BCUT2D eigenvalue weighted by Gasteiger charge is -2.45. The van der Waals surface area contributed by atoms with E-state index in [-0.39, 0.29) is 35.2 Å². The Balaban J connectivity index is 1.52. The van der Waals surface area contributed by atoms with E-state index < -0.39 is 14.4 Å². The van der Waals surface area contributed by atoms with Crippen molar-refractivity contribution in [3.8, 4) is 0 Å². The molecule has 3 atom stereocenters. The number of ether oxygens (including phenoxy) is 1. The smallest absolute Gasteiger partial charge is 0.305 e. The molecule has 0 saturated heterocycles. The maximum absolute atomic E-state index is 13.3. The number of unbranched alkanes of at least 4 members (excludes halogenated alkanes) is 1. The first kappa shape index (κ1) is 34.7. The third kappa shape index (κ3) is 7.92. The molecule has 1 saturated carbocycles. The molecule has 4 aromatic rings. The van der Waals surface area contributed by atoms with Gasteiger partial charge < -0.3 is 14.3 Å². The van der Waals surface area contributed by atoms with E-state index in [1.54, 1.807) is 11.3 Å². The van der Waals surface area contributed by atoms with E-state index in [9.17, 15) is 14.7 Å². The van der Waals surface area contributed by atoms with Crippen molar-refractivity contribution in [2.24, 2.45) is 5.92 Å². The summed E-state index contributed by atoms with van der Waals surface area (Å²) in [5.41, 5.74) is 0.689. The molecule has 1 heterocycles. The minimum absolute atomic E-state index is 0.00197. The van der Waals surface area contributed by atoms with Crippen LogP contribution < -0.4 is 10.4 Å². The molecule has 5 rings (SSSR count). The number of methoxy groups -OCH3 is 1. The minimum atomic E-state index is -2.91. The number of aliphatic hydroxyl groups excluding tert-OH is 1. The summed E-state index contributed by atoms with van der Waals surface area (Å²) in [5, 5.41) is 14.3. The minimum Gasteiger partial charge on any atom is -0.469 e. The van der Waals surface area contributed by atoms with Gasteiger partial charge in [0.05, 0.1) is 19.3 Å². The molecule has 1 aliphatic carbocycles. The number of aliphatic hydroxyl groups is 1. The van der Waals surface area contributed by atoms with E-state index in [1.165, 1.54) is 27.6 Å². The van der Waals surface area contributed by atoms with Crippen LogP contribution in [-0.2, 0) is 18.8 Å². The van der Waals surface area contributed by atoms with Gasteiger partial charge in [-0.1, -0.05) is 118 Å². The van der Waals surface area contributed by atoms with Crippen molar-refractivity contribution in [1.82, 2.24) is 0 Å². The number of thiophene rings is 1. The third-order valence-corrected chi connectivity index (χ3v) is 15.4. The van der Waals surface area contributed by atoms with Gasteiger partial charge in [-0.3, -0.25) is 9.59 Å². The van der Waals surface area contributed by atoms with Crippen molar-refractivity contribution >= 4 is 51.9 Å². The van der Waals surface area contributed by atoms with Gasteiger partial charge in [0.15, 0.2) is 5.78 Å². The van der Waals surface area contributed by atoms with Gasteiger partial charge >= 0.3 is 5.97 Å². The predicted molar refractivity (Wildman–Crippen MR) is 195 cm³/mol. The van der Waals surface area contributed by atoms with Crippen LogP contribution in [0, 0.1) is 5.92 Å². The quantitative estimate of drug-likeness (QED) is 0.0514. The first-order chi connectivity index (χ1) is 22.6. The van der Waals surface area contributed by atoms with Crippen LogP contribution in [0.15, 0.2) is 115 Å². The lowest BCUT2D eigenvalue weighted by molar-refractivity contribution is -0.140. The number of allylic oxidation sites excluding steroid dienone is 2. The van der Waals surface area contributed by atoms with E-state index in [0.29, 0.717) is 31.3 Å². The zero-order valence-corrected chi connectivity index (χ0v) is 29.7. The summed E-state index contributed by atoms with van der Waals surface area (Å²) in [5.74, 6) is -0.480. The second kappa shape index (κ2) is 15.5.